The van der Waals surface area contributed by atoms with Crippen LogP contribution >= 0.6 is 0 Å². The Hall–Kier alpha value is -2.87. The van der Waals surface area contributed by atoms with Crippen LogP contribution in [0.5, 0.6) is 0 Å². The molecular weight excluding hydrogens is 350 g/mol. The molecule has 0 atom stereocenters. The molecule has 0 unspecified atom stereocenters. The van der Waals surface area contributed by atoms with Gasteiger partial charge in [-0.25, -0.2) is 17.2 Å². The molecular formula is C17H12F2N2O3S. The second-order valence-corrected chi connectivity index (χ2v) is 7.31. The third kappa shape index (κ3) is 3.08. The van der Waals surface area contributed by atoms with Crippen molar-refractivity contribution in [1.29, 1.82) is 5.41 Å². The molecule has 0 saturated carbocycles. The predicted molar refractivity (Wildman–Crippen MR) is 89.7 cm³/mol. The van der Waals surface area contributed by atoms with Gasteiger partial charge in [-0.05, 0) is 23.6 Å². The van der Waals surface area contributed by atoms with E-state index in [-0.39, 0.29) is 21.9 Å². The van der Waals surface area contributed by atoms with Crippen LogP contribution in [-0.4, -0.2) is 19.6 Å². The average molecular weight is 362 g/mol. The number of aromatic amines is 1. The quantitative estimate of drug-likeness (QED) is 0.699. The molecule has 1 heterocycles. The number of halogens is 2. The lowest BCUT2D eigenvalue weighted by molar-refractivity contribution is 0.584. The summed E-state index contributed by atoms with van der Waals surface area (Å²) in [6.45, 7) is 0. The average Bonchev–Trinajstić information content (AvgIpc) is 2.56. The lowest BCUT2D eigenvalue weighted by Gasteiger charge is -2.10. The predicted octanol–water partition coefficient (Wildman–Crippen LogP) is 2.78. The van der Waals surface area contributed by atoms with E-state index in [0.717, 1.165) is 24.4 Å². The first-order valence-electron chi connectivity index (χ1n) is 7.15. The summed E-state index contributed by atoms with van der Waals surface area (Å²) in [6, 6.07) is 8.64. The van der Waals surface area contributed by atoms with Gasteiger partial charge in [0, 0.05) is 17.2 Å². The first kappa shape index (κ1) is 17.0. The second kappa shape index (κ2) is 6.21. The molecule has 0 bridgehead atoms. The summed E-state index contributed by atoms with van der Waals surface area (Å²) < 4.78 is 52.8. The molecule has 0 aliphatic carbocycles. The summed E-state index contributed by atoms with van der Waals surface area (Å²) in [5.74, 6) is -2.08. The highest BCUT2D eigenvalue weighted by atomic mass is 32.2. The Kier molecular flexibility index (Phi) is 4.22. The zero-order valence-electron chi connectivity index (χ0n) is 12.7. The van der Waals surface area contributed by atoms with Crippen LogP contribution in [0.1, 0.15) is 11.1 Å². The number of benzene rings is 2. The number of rotatable bonds is 4. The molecule has 0 radical (unpaired) electrons. The van der Waals surface area contributed by atoms with Crippen LogP contribution in [0, 0.1) is 17.0 Å². The highest BCUT2D eigenvalue weighted by Gasteiger charge is 2.23. The van der Waals surface area contributed by atoms with Crippen molar-refractivity contribution in [1.82, 2.24) is 4.98 Å². The zero-order valence-corrected chi connectivity index (χ0v) is 13.5. The monoisotopic (exact) mass is 362 g/mol. The van der Waals surface area contributed by atoms with Crippen molar-refractivity contribution in [2.75, 3.05) is 0 Å². The van der Waals surface area contributed by atoms with Gasteiger partial charge in [0.15, 0.2) is 9.84 Å². The highest BCUT2D eigenvalue weighted by Crippen LogP contribution is 2.25. The third-order valence-electron chi connectivity index (χ3n) is 3.75. The molecule has 0 spiro atoms. The minimum Gasteiger partial charge on any atom is -0.312 e. The summed E-state index contributed by atoms with van der Waals surface area (Å²) in [7, 11) is -4.16. The Labute approximate surface area is 141 Å². The molecule has 5 nitrogen and oxygen atoms in total. The Morgan fingerprint density at radius 3 is 2.48 bits per heavy atom. The standard InChI is InChI=1S/C17H12F2N2O3S/c18-11-5-6-12-13(7-11)17(21-16(22)14(12)8-20)25(23,24)9-10-3-1-2-4-15(10)19/h1-8,20H,9H2,(H,21,22). The van der Waals surface area contributed by atoms with E-state index in [9.17, 15) is 22.0 Å². The van der Waals surface area contributed by atoms with Gasteiger partial charge >= 0.3 is 0 Å². The number of fused-ring (bicyclic) bond motifs is 1. The van der Waals surface area contributed by atoms with Gasteiger partial charge in [0.05, 0.1) is 11.3 Å². The molecule has 0 aliphatic heterocycles. The largest absolute Gasteiger partial charge is 0.312 e. The van der Waals surface area contributed by atoms with Crippen molar-refractivity contribution in [3.05, 3.63) is 75.6 Å². The van der Waals surface area contributed by atoms with Crippen molar-refractivity contribution >= 4 is 26.8 Å². The van der Waals surface area contributed by atoms with Gasteiger partial charge in [-0.15, -0.1) is 0 Å². The molecule has 25 heavy (non-hydrogen) atoms. The number of pyridine rings is 1. The second-order valence-electron chi connectivity index (χ2n) is 5.38. The SMILES string of the molecule is N=Cc1c(=O)[nH]c(S(=O)(=O)Cc2ccccc2F)c2cc(F)ccc12. The van der Waals surface area contributed by atoms with Gasteiger partial charge < -0.3 is 10.4 Å². The summed E-state index contributed by atoms with van der Waals surface area (Å²) in [5.41, 5.74) is -0.940. The molecule has 0 aliphatic rings. The Balaban J connectivity index is 2.28. The fourth-order valence-electron chi connectivity index (χ4n) is 2.58. The molecule has 0 amide bonds. The molecule has 3 aromatic rings. The van der Waals surface area contributed by atoms with Crippen LogP contribution in [0.25, 0.3) is 10.8 Å². The molecule has 0 saturated heterocycles. The highest BCUT2D eigenvalue weighted by molar-refractivity contribution is 7.90. The summed E-state index contributed by atoms with van der Waals surface area (Å²) in [4.78, 5) is 14.3. The van der Waals surface area contributed by atoms with Gasteiger partial charge in [0.25, 0.3) is 5.56 Å². The molecule has 3 rings (SSSR count). The van der Waals surface area contributed by atoms with Crippen molar-refractivity contribution in [3.8, 4) is 0 Å². The summed E-state index contributed by atoms with van der Waals surface area (Å²) in [5, 5.41) is 6.89. The maximum atomic E-state index is 13.8. The molecule has 1 aromatic heterocycles. The smallest absolute Gasteiger partial charge is 0.258 e. The molecule has 8 heteroatoms. The summed E-state index contributed by atoms with van der Waals surface area (Å²) in [6.07, 6.45) is 0.770. The molecule has 0 fully saturated rings. The normalized spacial score (nSPS) is 11.6. The number of sulfone groups is 1. The minimum absolute atomic E-state index is 0.0607. The third-order valence-corrected chi connectivity index (χ3v) is 5.38. The molecule has 2 N–H and O–H groups in total. The van der Waals surface area contributed by atoms with Gasteiger partial charge in [-0.3, -0.25) is 4.79 Å². The van der Waals surface area contributed by atoms with Crippen LogP contribution < -0.4 is 5.56 Å². The fraction of sp³-hybridized carbons (Fsp3) is 0.0588. The van der Waals surface area contributed by atoms with Crippen LogP contribution in [0.3, 0.4) is 0 Å². The number of nitrogens with one attached hydrogen (secondary N) is 2. The Morgan fingerprint density at radius 2 is 1.80 bits per heavy atom. The van der Waals surface area contributed by atoms with Crippen LogP contribution in [0.15, 0.2) is 52.3 Å². The van der Waals surface area contributed by atoms with Gasteiger partial charge in [-0.2, -0.15) is 0 Å². The topological polar surface area (TPSA) is 90.8 Å². The van der Waals surface area contributed by atoms with E-state index in [4.69, 9.17) is 5.41 Å². The van der Waals surface area contributed by atoms with Gasteiger partial charge in [0.2, 0.25) is 0 Å². The van der Waals surface area contributed by atoms with Crippen molar-refractivity contribution in [2.45, 2.75) is 10.8 Å². The maximum absolute atomic E-state index is 13.8. The lowest BCUT2D eigenvalue weighted by atomic mass is 10.1. The zero-order chi connectivity index (χ0) is 18.2. The van der Waals surface area contributed by atoms with E-state index in [1.165, 1.54) is 24.3 Å². The van der Waals surface area contributed by atoms with E-state index in [2.05, 4.69) is 4.98 Å². The van der Waals surface area contributed by atoms with Crippen LogP contribution in [0.4, 0.5) is 8.78 Å². The number of H-pyrrole nitrogens is 1. The number of aromatic nitrogens is 1. The lowest BCUT2D eigenvalue weighted by Crippen LogP contribution is -2.19. The summed E-state index contributed by atoms with van der Waals surface area (Å²) >= 11 is 0. The van der Waals surface area contributed by atoms with Crippen LogP contribution in [0.2, 0.25) is 0 Å². The van der Waals surface area contributed by atoms with Crippen LogP contribution in [-0.2, 0) is 15.6 Å². The first-order valence-corrected chi connectivity index (χ1v) is 8.81. The van der Waals surface area contributed by atoms with E-state index < -0.39 is 37.8 Å². The molecule has 2 aromatic carbocycles. The first-order chi connectivity index (χ1) is 11.8. The van der Waals surface area contributed by atoms with Crippen molar-refractivity contribution < 1.29 is 17.2 Å². The van der Waals surface area contributed by atoms with E-state index in [0.29, 0.717) is 0 Å². The van der Waals surface area contributed by atoms with Gasteiger partial charge in [-0.1, -0.05) is 24.3 Å². The molecule has 128 valence electrons. The minimum atomic E-state index is -4.16. The van der Waals surface area contributed by atoms with Gasteiger partial charge in [0.1, 0.15) is 16.7 Å². The number of hydrogen-bond acceptors (Lipinski definition) is 4. The fourth-order valence-corrected chi connectivity index (χ4v) is 4.12. The maximum Gasteiger partial charge on any atom is 0.258 e. The van der Waals surface area contributed by atoms with Crippen molar-refractivity contribution in [2.24, 2.45) is 0 Å². The Bertz CT molecular complexity index is 1150. The Morgan fingerprint density at radius 1 is 1.08 bits per heavy atom. The number of hydrogen-bond donors (Lipinski definition) is 2. The van der Waals surface area contributed by atoms with E-state index in [1.54, 1.807) is 0 Å². The van der Waals surface area contributed by atoms with E-state index >= 15 is 0 Å². The van der Waals surface area contributed by atoms with Crippen molar-refractivity contribution in [3.63, 3.8) is 0 Å². The van der Waals surface area contributed by atoms with E-state index in [1.807, 2.05) is 0 Å².